The molecule has 0 saturated carbocycles. The van der Waals surface area contributed by atoms with Crippen molar-refractivity contribution in [2.45, 2.75) is 16.2 Å². The van der Waals surface area contributed by atoms with Gasteiger partial charge in [-0.1, -0.05) is 42.5 Å². The van der Waals surface area contributed by atoms with Crippen LogP contribution in [0.4, 0.5) is 0 Å². The molecule has 2 aromatic carbocycles. The summed E-state index contributed by atoms with van der Waals surface area (Å²) in [7, 11) is 1.72. The molecule has 2 atom stereocenters. The maximum absolute atomic E-state index is 6.02. The van der Waals surface area contributed by atoms with E-state index in [1.54, 1.807) is 7.11 Å². The molecule has 0 spiro atoms. The molecule has 2 aromatic rings. The summed E-state index contributed by atoms with van der Waals surface area (Å²) in [5.74, 6) is 0.914. The number of para-hydroxylation sites is 1. The first-order valence-corrected chi connectivity index (χ1v) is 8.43. The molecule has 1 saturated heterocycles. The Hall–Kier alpha value is -1.20. The molecule has 3 nitrogen and oxygen atoms in total. The number of ether oxygens (including phenoxy) is 2. The number of nitrogens with one attached hydrogen (secondary N) is 1. The van der Waals surface area contributed by atoms with Crippen molar-refractivity contribution in [2.24, 2.45) is 0 Å². The van der Waals surface area contributed by atoms with Crippen molar-refractivity contribution in [3.63, 3.8) is 0 Å². The fourth-order valence-corrected chi connectivity index (χ4v) is 3.95. The molecule has 0 radical (unpaired) electrons. The molecular formula is C18H22ClNO2S. The third-order valence-electron chi connectivity index (χ3n) is 3.75. The summed E-state index contributed by atoms with van der Waals surface area (Å²) in [6.07, 6.45) is 0.158. The largest absolute Gasteiger partial charge is 0.496 e. The molecule has 0 bridgehead atoms. The SMILES string of the molecule is COc1ccccc1SC(c1ccccc1)[C@H]1CNCCO1.Cl. The minimum atomic E-state index is 0. The molecule has 5 heteroatoms. The normalized spacial score (nSPS) is 18.7. The lowest BCUT2D eigenvalue weighted by molar-refractivity contribution is 0.0273. The van der Waals surface area contributed by atoms with Crippen molar-refractivity contribution in [2.75, 3.05) is 26.8 Å². The zero-order valence-corrected chi connectivity index (χ0v) is 14.7. The van der Waals surface area contributed by atoms with Gasteiger partial charge >= 0.3 is 0 Å². The average Bonchev–Trinajstić information content (AvgIpc) is 2.61. The van der Waals surface area contributed by atoms with E-state index >= 15 is 0 Å². The van der Waals surface area contributed by atoms with E-state index in [2.05, 4.69) is 35.6 Å². The highest BCUT2D eigenvalue weighted by Gasteiger charge is 2.27. The first kappa shape index (κ1) is 18.1. The van der Waals surface area contributed by atoms with Gasteiger partial charge in [-0.2, -0.15) is 0 Å². The van der Waals surface area contributed by atoms with E-state index in [1.165, 1.54) is 5.56 Å². The quantitative estimate of drug-likeness (QED) is 0.826. The van der Waals surface area contributed by atoms with Crippen LogP contribution < -0.4 is 10.1 Å². The third kappa shape index (κ3) is 4.64. The minimum absolute atomic E-state index is 0. The third-order valence-corrected chi connectivity index (χ3v) is 5.17. The molecular weight excluding hydrogens is 330 g/mol. The van der Waals surface area contributed by atoms with Gasteiger partial charge in [0, 0.05) is 13.1 Å². The standard InChI is InChI=1S/C18H21NO2S.ClH/c1-20-15-9-5-6-10-17(15)22-18(14-7-3-2-4-8-14)16-13-19-11-12-21-16;/h2-10,16,18-19H,11-13H2,1H3;1H/t16-,18?;/m1./s1. The topological polar surface area (TPSA) is 30.5 Å². The van der Waals surface area contributed by atoms with Crippen LogP contribution >= 0.6 is 24.2 Å². The van der Waals surface area contributed by atoms with E-state index in [9.17, 15) is 0 Å². The van der Waals surface area contributed by atoms with Crippen molar-refractivity contribution < 1.29 is 9.47 Å². The first-order chi connectivity index (χ1) is 10.9. The maximum atomic E-state index is 6.02. The molecule has 23 heavy (non-hydrogen) atoms. The average molecular weight is 352 g/mol. The molecule has 1 heterocycles. The Balaban J connectivity index is 0.00000192. The van der Waals surface area contributed by atoms with Gasteiger partial charge in [0.1, 0.15) is 5.75 Å². The van der Waals surface area contributed by atoms with Crippen molar-refractivity contribution in [1.82, 2.24) is 5.32 Å². The van der Waals surface area contributed by atoms with Gasteiger partial charge in [0.2, 0.25) is 0 Å². The second-order valence-corrected chi connectivity index (χ2v) is 6.40. The summed E-state index contributed by atoms with van der Waals surface area (Å²) < 4.78 is 11.5. The molecule has 124 valence electrons. The fraction of sp³-hybridized carbons (Fsp3) is 0.333. The van der Waals surface area contributed by atoms with Gasteiger partial charge in [0.25, 0.3) is 0 Å². The lowest BCUT2D eigenvalue weighted by Gasteiger charge is -2.31. The Bertz CT molecular complexity index is 591. The van der Waals surface area contributed by atoms with Crippen LogP contribution in [0.2, 0.25) is 0 Å². The Labute approximate surface area is 148 Å². The summed E-state index contributed by atoms with van der Waals surface area (Å²) in [5, 5.41) is 3.67. The van der Waals surface area contributed by atoms with E-state index in [0.717, 1.165) is 30.3 Å². The van der Waals surface area contributed by atoms with Crippen LogP contribution in [-0.4, -0.2) is 32.9 Å². The Kier molecular flexibility index (Phi) is 7.24. The van der Waals surface area contributed by atoms with Crippen LogP contribution in [0.15, 0.2) is 59.5 Å². The summed E-state index contributed by atoms with van der Waals surface area (Å²) in [5.41, 5.74) is 1.28. The van der Waals surface area contributed by atoms with E-state index in [4.69, 9.17) is 9.47 Å². The summed E-state index contributed by atoms with van der Waals surface area (Å²) >= 11 is 1.81. The monoisotopic (exact) mass is 351 g/mol. The van der Waals surface area contributed by atoms with Crippen LogP contribution in [0.5, 0.6) is 5.75 Å². The van der Waals surface area contributed by atoms with E-state index in [-0.39, 0.29) is 23.8 Å². The molecule has 1 unspecified atom stereocenters. The lowest BCUT2D eigenvalue weighted by atomic mass is 10.1. The molecule has 0 amide bonds. The highest BCUT2D eigenvalue weighted by molar-refractivity contribution is 7.99. The number of hydrogen-bond donors (Lipinski definition) is 1. The number of benzene rings is 2. The highest BCUT2D eigenvalue weighted by atomic mass is 35.5. The smallest absolute Gasteiger partial charge is 0.132 e. The van der Waals surface area contributed by atoms with Crippen LogP contribution in [-0.2, 0) is 4.74 Å². The minimum Gasteiger partial charge on any atom is -0.496 e. The van der Waals surface area contributed by atoms with Crippen molar-refractivity contribution in [1.29, 1.82) is 0 Å². The van der Waals surface area contributed by atoms with Gasteiger partial charge in [-0.15, -0.1) is 24.2 Å². The van der Waals surface area contributed by atoms with Crippen LogP contribution in [0.3, 0.4) is 0 Å². The molecule has 1 aliphatic heterocycles. The lowest BCUT2D eigenvalue weighted by Crippen LogP contribution is -2.41. The predicted octanol–water partition coefficient (Wildman–Crippen LogP) is 3.94. The second-order valence-electron chi connectivity index (χ2n) is 5.21. The number of methoxy groups -OCH3 is 1. The molecule has 1 fully saturated rings. The Morgan fingerprint density at radius 2 is 1.87 bits per heavy atom. The molecule has 1 aliphatic rings. The maximum Gasteiger partial charge on any atom is 0.132 e. The molecule has 3 rings (SSSR count). The Morgan fingerprint density at radius 3 is 2.57 bits per heavy atom. The van der Waals surface area contributed by atoms with Crippen LogP contribution in [0.25, 0.3) is 0 Å². The van der Waals surface area contributed by atoms with Gasteiger partial charge in [-0.05, 0) is 17.7 Å². The summed E-state index contributed by atoms with van der Waals surface area (Å²) in [6.45, 7) is 2.57. The van der Waals surface area contributed by atoms with E-state index in [0.29, 0.717) is 0 Å². The Morgan fingerprint density at radius 1 is 1.13 bits per heavy atom. The van der Waals surface area contributed by atoms with Gasteiger partial charge < -0.3 is 14.8 Å². The number of hydrogen-bond acceptors (Lipinski definition) is 4. The van der Waals surface area contributed by atoms with Gasteiger partial charge in [-0.25, -0.2) is 0 Å². The second kappa shape index (κ2) is 9.18. The van der Waals surface area contributed by atoms with E-state index < -0.39 is 0 Å². The highest BCUT2D eigenvalue weighted by Crippen LogP contribution is 2.42. The predicted molar refractivity (Wildman–Crippen MR) is 97.9 cm³/mol. The summed E-state index contributed by atoms with van der Waals surface area (Å²) in [6, 6.07) is 18.7. The van der Waals surface area contributed by atoms with Crippen LogP contribution in [0, 0.1) is 0 Å². The number of thioether (sulfide) groups is 1. The molecule has 0 aliphatic carbocycles. The van der Waals surface area contributed by atoms with Crippen molar-refractivity contribution in [3.05, 3.63) is 60.2 Å². The van der Waals surface area contributed by atoms with Gasteiger partial charge in [-0.3, -0.25) is 0 Å². The number of halogens is 1. The molecule has 0 aromatic heterocycles. The van der Waals surface area contributed by atoms with Crippen LogP contribution in [0.1, 0.15) is 10.8 Å². The zero-order valence-electron chi connectivity index (χ0n) is 13.1. The first-order valence-electron chi connectivity index (χ1n) is 7.55. The number of rotatable bonds is 5. The summed E-state index contributed by atoms with van der Waals surface area (Å²) in [4.78, 5) is 1.15. The molecule has 1 N–H and O–H groups in total. The zero-order chi connectivity index (χ0) is 15.2. The van der Waals surface area contributed by atoms with E-state index in [1.807, 2.05) is 36.0 Å². The number of morpholine rings is 1. The van der Waals surface area contributed by atoms with Crippen molar-refractivity contribution in [3.8, 4) is 5.75 Å². The van der Waals surface area contributed by atoms with Gasteiger partial charge in [0.05, 0.1) is 30.0 Å². The van der Waals surface area contributed by atoms with Gasteiger partial charge in [0.15, 0.2) is 0 Å². The fourth-order valence-electron chi connectivity index (χ4n) is 2.63. The van der Waals surface area contributed by atoms with Crippen molar-refractivity contribution >= 4 is 24.2 Å².